The zero-order chi connectivity index (χ0) is 12.3. The molecule has 0 bridgehead atoms. The summed E-state index contributed by atoms with van der Waals surface area (Å²) in [6, 6.07) is 3.66. The molecule has 1 fully saturated rings. The molecule has 4 nitrogen and oxygen atoms in total. The smallest absolute Gasteiger partial charge is 0.159 e. The van der Waals surface area contributed by atoms with Gasteiger partial charge in [0.1, 0.15) is 5.82 Å². The predicted octanol–water partition coefficient (Wildman–Crippen LogP) is 1.43. The molecule has 1 aromatic heterocycles. The zero-order valence-electron chi connectivity index (χ0n) is 10.5. The molecule has 1 aromatic rings. The predicted molar refractivity (Wildman–Crippen MR) is 68.6 cm³/mol. The number of hydrogen-bond donors (Lipinski definition) is 0. The largest absolute Gasteiger partial charge is 0.354 e. The Bertz CT molecular complexity index is 397. The third kappa shape index (κ3) is 2.82. The lowest BCUT2D eigenvalue weighted by Crippen LogP contribution is -2.46. The fourth-order valence-electron chi connectivity index (χ4n) is 2.10. The molecular formula is C13H19N3O. The van der Waals surface area contributed by atoms with Crippen molar-refractivity contribution in [3.8, 4) is 0 Å². The van der Waals surface area contributed by atoms with E-state index in [1.165, 1.54) is 0 Å². The van der Waals surface area contributed by atoms with E-state index in [2.05, 4.69) is 21.7 Å². The Hall–Kier alpha value is -1.42. The van der Waals surface area contributed by atoms with Crippen molar-refractivity contribution in [1.82, 2.24) is 9.88 Å². The van der Waals surface area contributed by atoms with Crippen LogP contribution in [-0.2, 0) is 0 Å². The topological polar surface area (TPSA) is 36.4 Å². The van der Waals surface area contributed by atoms with Gasteiger partial charge in [0.2, 0.25) is 0 Å². The lowest BCUT2D eigenvalue weighted by molar-refractivity contribution is 0.101. The fraction of sp³-hybridized carbons (Fsp3) is 0.538. The highest BCUT2D eigenvalue weighted by molar-refractivity contribution is 5.94. The molecule has 0 unspecified atom stereocenters. The average Bonchev–Trinajstić information content (AvgIpc) is 2.39. The van der Waals surface area contributed by atoms with Gasteiger partial charge in [-0.15, -0.1) is 0 Å². The molecule has 0 radical (unpaired) electrons. The van der Waals surface area contributed by atoms with Crippen molar-refractivity contribution in [2.45, 2.75) is 13.8 Å². The van der Waals surface area contributed by atoms with Crippen LogP contribution in [0.1, 0.15) is 24.2 Å². The molecule has 0 amide bonds. The molecule has 0 N–H and O–H groups in total. The Kier molecular flexibility index (Phi) is 3.74. The first-order valence-electron chi connectivity index (χ1n) is 6.15. The summed E-state index contributed by atoms with van der Waals surface area (Å²) >= 11 is 0. The number of piperazine rings is 1. The summed E-state index contributed by atoms with van der Waals surface area (Å²) in [5.41, 5.74) is 0.743. The zero-order valence-corrected chi connectivity index (χ0v) is 10.5. The van der Waals surface area contributed by atoms with Gasteiger partial charge >= 0.3 is 0 Å². The van der Waals surface area contributed by atoms with Crippen LogP contribution in [0.5, 0.6) is 0 Å². The lowest BCUT2D eigenvalue weighted by atomic mass is 10.2. The van der Waals surface area contributed by atoms with E-state index in [0.717, 1.165) is 44.1 Å². The molecule has 92 valence electrons. The summed E-state index contributed by atoms with van der Waals surface area (Å²) in [5.74, 6) is 1.02. The highest BCUT2D eigenvalue weighted by Crippen LogP contribution is 2.15. The van der Waals surface area contributed by atoms with Gasteiger partial charge in [0, 0.05) is 37.9 Å². The molecule has 4 heteroatoms. The van der Waals surface area contributed by atoms with Crippen LogP contribution in [0.15, 0.2) is 18.3 Å². The van der Waals surface area contributed by atoms with Gasteiger partial charge in [-0.1, -0.05) is 6.92 Å². The van der Waals surface area contributed by atoms with Crippen molar-refractivity contribution in [3.63, 3.8) is 0 Å². The van der Waals surface area contributed by atoms with Crippen LogP contribution in [0.2, 0.25) is 0 Å². The number of aromatic nitrogens is 1. The summed E-state index contributed by atoms with van der Waals surface area (Å²) in [6.45, 7) is 9.00. The molecule has 2 rings (SSSR count). The van der Waals surface area contributed by atoms with Crippen LogP contribution in [0.25, 0.3) is 0 Å². The van der Waals surface area contributed by atoms with Gasteiger partial charge < -0.3 is 9.80 Å². The van der Waals surface area contributed by atoms with Crippen LogP contribution in [0, 0.1) is 0 Å². The van der Waals surface area contributed by atoms with Crippen molar-refractivity contribution in [2.24, 2.45) is 0 Å². The molecule has 0 aromatic carbocycles. The van der Waals surface area contributed by atoms with Crippen LogP contribution < -0.4 is 4.90 Å². The van der Waals surface area contributed by atoms with Crippen molar-refractivity contribution in [3.05, 3.63) is 23.9 Å². The van der Waals surface area contributed by atoms with E-state index >= 15 is 0 Å². The van der Waals surface area contributed by atoms with Crippen LogP contribution in [-0.4, -0.2) is 48.4 Å². The van der Waals surface area contributed by atoms with Gasteiger partial charge in [0.25, 0.3) is 0 Å². The third-order valence-electron chi connectivity index (χ3n) is 3.30. The van der Waals surface area contributed by atoms with Gasteiger partial charge in [-0.2, -0.15) is 0 Å². The normalized spacial score (nSPS) is 17.2. The highest BCUT2D eigenvalue weighted by Gasteiger charge is 2.17. The summed E-state index contributed by atoms with van der Waals surface area (Å²) in [6.07, 6.45) is 1.72. The quantitative estimate of drug-likeness (QED) is 0.740. The Morgan fingerprint density at radius 1 is 1.35 bits per heavy atom. The average molecular weight is 233 g/mol. The SMILES string of the molecule is CCN1CCN(c2cc(C(C)=O)ccn2)CC1. The third-order valence-corrected chi connectivity index (χ3v) is 3.30. The first-order chi connectivity index (χ1) is 8.20. The van der Waals surface area contributed by atoms with E-state index in [-0.39, 0.29) is 5.78 Å². The summed E-state index contributed by atoms with van der Waals surface area (Å²) < 4.78 is 0. The molecular weight excluding hydrogens is 214 g/mol. The molecule has 0 aliphatic carbocycles. The second-order valence-electron chi connectivity index (χ2n) is 4.38. The van der Waals surface area contributed by atoms with Gasteiger partial charge in [-0.3, -0.25) is 4.79 Å². The Morgan fingerprint density at radius 2 is 2.06 bits per heavy atom. The van der Waals surface area contributed by atoms with E-state index in [1.807, 2.05) is 6.07 Å². The number of Topliss-reactive ketones (excluding diaryl/α,β-unsaturated/α-hetero) is 1. The van der Waals surface area contributed by atoms with E-state index in [9.17, 15) is 4.79 Å². The molecule has 0 atom stereocenters. The summed E-state index contributed by atoms with van der Waals surface area (Å²) in [5, 5.41) is 0. The molecule has 2 heterocycles. The standard InChI is InChI=1S/C13H19N3O/c1-3-15-6-8-16(9-7-15)13-10-12(11(2)17)4-5-14-13/h4-5,10H,3,6-9H2,1-2H3. The molecule has 0 saturated carbocycles. The second kappa shape index (κ2) is 5.27. The van der Waals surface area contributed by atoms with Gasteiger partial charge in [0.15, 0.2) is 5.78 Å². The highest BCUT2D eigenvalue weighted by atomic mass is 16.1. The minimum atomic E-state index is 0.0980. The van der Waals surface area contributed by atoms with Gasteiger partial charge in [-0.05, 0) is 25.6 Å². The lowest BCUT2D eigenvalue weighted by Gasteiger charge is -2.34. The minimum Gasteiger partial charge on any atom is -0.354 e. The maximum absolute atomic E-state index is 11.3. The number of pyridine rings is 1. The fourth-order valence-corrected chi connectivity index (χ4v) is 2.10. The monoisotopic (exact) mass is 233 g/mol. The maximum atomic E-state index is 11.3. The molecule has 0 spiro atoms. The number of likely N-dealkylation sites (N-methyl/N-ethyl adjacent to an activating group) is 1. The number of carbonyl (C=O) groups is 1. The maximum Gasteiger partial charge on any atom is 0.159 e. The van der Waals surface area contributed by atoms with E-state index in [0.29, 0.717) is 0 Å². The van der Waals surface area contributed by atoms with Crippen molar-refractivity contribution < 1.29 is 4.79 Å². The van der Waals surface area contributed by atoms with Crippen molar-refractivity contribution >= 4 is 11.6 Å². The van der Waals surface area contributed by atoms with Gasteiger partial charge in [-0.25, -0.2) is 4.98 Å². The summed E-state index contributed by atoms with van der Waals surface area (Å²) in [7, 11) is 0. The van der Waals surface area contributed by atoms with Crippen molar-refractivity contribution in [2.75, 3.05) is 37.6 Å². The van der Waals surface area contributed by atoms with Crippen LogP contribution in [0.4, 0.5) is 5.82 Å². The molecule has 17 heavy (non-hydrogen) atoms. The Labute approximate surface area is 102 Å². The minimum absolute atomic E-state index is 0.0980. The first-order valence-corrected chi connectivity index (χ1v) is 6.15. The Balaban J connectivity index is 2.08. The number of carbonyl (C=O) groups excluding carboxylic acids is 1. The van der Waals surface area contributed by atoms with Gasteiger partial charge in [0.05, 0.1) is 0 Å². The second-order valence-corrected chi connectivity index (χ2v) is 4.38. The van der Waals surface area contributed by atoms with Crippen LogP contribution in [0.3, 0.4) is 0 Å². The van der Waals surface area contributed by atoms with E-state index < -0.39 is 0 Å². The van der Waals surface area contributed by atoms with E-state index in [4.69, 9.17) is 0 Å². The molecule has 1 aliphatic rings. The number of nitrogens with zero attached hydrogens (tertiary/aromatic N) is 3. The Morgan fingerprint density at radius 3 is 2.65 bits per heavy atom. The number of hydrogen-bond acceptors (Lipinski definition) is 4. The summed E-state index contributed by atoms with van der Waals surface area (Å²) in [4.78, 5) is 20.3. The van der Waals surface area contributed by atoms with Crippen molar-refractivity contribution in [1.29, 1.82) is 0 Å². The number of ketones is 1. The molecule has 1 saturated heterocycles. The molecule has 1 aliphatic heterocycles. The van der Waals surface area contributed by atoms with Crippen LogP contribution >= 0.6 is 0 Å². The first kappa shape index (κ1) is 12.0. The number of anilines is 1. The number of rotatable bonds is 3. The van der Waals surface area contributed by atoms with E-state index in [1.54, 1.807) is 19.2 Å².